The molecule has 0 aromatic heterocycles. The number of carbonyl (C=O) groups is 1. The second kappa shape index (κ2) is 13.9. The normalized spacial score (nSPS) is 11.2. The number of nitrogens with zero attached hydrogens (tertiary/aromatic N) is 1. The van der Waals surface area contributed by atoms with Gasteiger partial charge in [-0.15, -0.1) is 0 Å². The highest BCUT2D eigenvalue weighted by molar-refractivity contribution is 5.94. The smallest absolute Gasteiger partial charge is 0.251 e. The summed E-state index contributed by atoms with van der Waals surface area (Å²) < 4.78 is 11.2. The van der Waals surface area contributed by atoms with Crippen LogP contribution in [-0.2, 0) is 11.3 Å². The van der Waals surface area contributed by atoms with Gasteiger partial charge in [0.15, 0.2) is 5.96 Å². The van der Waals surface area contributed by atoms with Gasteiger partial charge in [0.1, 0.15) is 18.1 Å². The Morgan fingerprint density at radius 3 is 2.47 bits per heavy atom. The van der Waals surface area contributed by atoms with E-state index >= 15 is 0 Å². The van der Waals surface area contributed by atoms with E-state index in [2.05, 4.69) is 20.9 Å². The molecule has 0 heterocycles. The van der Waals surface area contributed by atoms with Crippen LogP contribution in [0.2, 0.25) is 0 Å². The summed E-state index contributed by atoms with van der Waals surface area (Å²) >= 11 is 0. The number of aromatic hydroxyl groups is 1. The minimum Gasteiger partial charge on any atom is -0.508 e. The molecule has 0 atom stereocenters. The fourth-order valence-corrected chi connectivity index (χ4v) is 2.86. The maximum Gasteiger partial charge on any atom is 0.251 e. The average Bonchev–Trinajstić information content (AvgIpc) is 2.79. The number of amides is 1. The van der Waals surface area contributed by atoms with Crippen LogP contribution in [0.15, 0.2) is 47.5 Å². The molecule has 0 fully saturated rings. The predicted octanol–water partition coefficient (Wildman–Crippen LogP) is 2.60. The standard InChI is InChI=1S/C24H34N4O4/c1-4-25-24(27-13-12-26-23(30)19-8-10-21(29)11-9-19)28-17-20-7-6-18(3)16-22(20)32-15-14-31-5-2/h6-11,16,29H,4-5,12-15,17H2,1-3H3,(H,26,30)(H2,25,27,28). The second-order valence-corrected chi connectivity index (χ2v) is 7.08. The zero-order valence-electron chi connectivity index (χ0n) is 19.1. The molecule has 0 saturated carbocycles. The molecule has 0 aliphatic heterocycles. The number of phenolic OH excluding ortho intramolecular Hbond substituents is 1. The van der Waals surface area contributed by atoms with E-state index in [9.17, 15) is 9.90 Å². The number of rotatable bonds is 12. The van der Waals surface area contributed by atoms with E-state index in [1.165, 1.54) is 12.1 Å². The number of hydrogen-bond donors (Lipinski definition) is 4. The number of aliphatic imine (C=N–C) groups is 1. The maximum atomic E-state index is 12.1. The van der Waals surface area contributed by atoms with Gasteiger partial charge in [0, 0.05) is 37.4 Å². The van der Waals surface area contributed by atoms with Crippen molar-refractivity contribution in [2.75, 3.05) is 39.5 Å². The van der Waals surface area contributed by atoms with Gasteiger partial charge >= 0.3 is 0 Å². The molecule has 0 spiro atoms. The number of aryl methyl sites for hydroxylation is 1. The van der Waals surface area contributed by atoms with Crippen molar-refractivity contribution < 1.29 is 19.4 Å². The number of nitrogens with one attached hydrogen (secondary N) is 3. The Morgan fingerprint density at radius 1 is 1.00 bits per heavy atom. The molecule has 1 amide bonds. The molecule has 2 aromatic rings. The molecule has 32 heavy (non-hydrogen) atoms. The van der Waals surface area contributed by atoms with Crippen molar-refractivity contribution in [1.29, 1.82) is 0 Å². The molecule has 2 aromatic carbocycles. The second-order valence-electron chi connectivity index (χ2n) is 7.08. The molecular weight excluding hydrogens is 408 g/mol. The Labute approximate surface area is 190 Å². The molecule has 0 aliphatic carbocycles. The van der Waals surface area contributed by atoms with Gasteiger partial charge in [-0.1, -0.05) is 12.1 Å². The van der Waals surface area contributed by atoms with Gasteiger partial charge in [0.25, 0.3) is 5.91 Å². The lowest BCUT2D eigenvalue weighted by molar-refractivity contribution is 0.0954. The average molecular weight is 443 g/mol. The molecule has 174 valence electrons. The fourth-order valence-electron chi connectivity index (χ4n) is 2.86. The number of hydrogen-bond acceptors (Lipinski definition) is 5. The van der Waals surface area contributed by atoms with Crippen molar-refractivity contribution in [2.24, 2.45) is 4.99 Å². The third-order valence-corrected chi connectivity index (χ3v) is 4.50. The SMILES string of the molecule is CCNC(=NCc1ccc(C)cc1OCCOCC)NCCNC(=O)c1ccc(O)cc1. The molecular formula is C24H34N4O4. The Kier molecular flexibility index (Phi) is 10.9. The minimum absolute atomic E-state index is 0.131. The van der Waals surface area contributed by atoms with Crippen molar-refractivity contribution >= 4 is 11.9 Å². The topological polar surface area (TPSA) is 104 Å². The van der Waals surface area contributed by atoms with Gasteiger partial charge < -0.3 is 30.5 Å². The molecule has 0 radical (unpaired) electrons. The Hall–Kier alpha value is -3.26. The van der Waals surface area contributed by atoms with Crippen LogP contribution in [0, 0.1) is 6.92 Å². The molecule has 0 bridgehead atoms. The first-order chi connectivity index (χ1) is 15.5. The van der Waals surface area contributed by atoms with Crippen LogP contribution in [0.3, 0.4) is 0 Å². The summed E-state index contributed by atoms with van der Waals surface area (Å²) in [6.07, 6.45) is 0. The third kappa shape index (κ3) is 8.85. The number of guanidine groups is 1. The summed E-state index contributed by atoms with van der Waals surface area (Å²) in [7, 11) is 0. The zero-order valence-corrected chi connectivity index (χ0v) is 19.1. The lowest BCUT2D eigenvalue weighted by Crippen LogP contribution is -2.41. The molecule has 0 aliphatic rings. The van der Waals surface area contributed by atoms with Crippen molar-refractivity contribution in [3.63, 3.8) is 0 Å². The maximum absolute atomic E-state index is 12.1. The van der Waals surface area contributed by atoms with Gasteiger partial charge in [-0.25, -0.2) is 4.99 Å². The summed E-state index contributed by atoms with van der Waals surface area (Å²) in [6, 6.07) is 12.2. The quantitative estimate of drug-likeness (QED) is 0.229. The molecule has 4 N–H and O–H groups in total. The number of ether oxygens (including phenoxy) is 2. The van der Waals surface area contributed by atoms with Crippen molar-refractivity contribution in [3.05, 3.63) is 59.2 Å². The van der Waals surface area contributed by atoms with Gasteiger partial charge in [0.05, 0.1) is 13.2 Å². The highest BCUT2D eigenvalue weighted by Crippen LogP contribution is 2.21. The highest BCUT2D eigenvalue weighted by Gasteiger charge is 2.07. The summed E-state index contributed by atoms with van der Waals surface area (Å²) in [5, 5.41) is 18.6. The van der Waals surface area contributed by atoms with Crippen LogP contribution < -0.4 is 20.7 Å². The Balaban J connectivity index is 1.88. The van der Waals surface area contributed by atoms with Crippen LogP contribution in [0.5, 0.6) is 11.5 Å². The van der Waals surface area contributed by atoms with E-state index in [1.54, 1.807) is 12.1 Å². The van der Waals surface area contributed by atoms with Crippen molar-refractivity contribution in [1.82, 2.24) is 16.0 Å². The third-order valence-electron chi connectivity index (χ3n) is 4.50. The van der Waals surface area contributed by atoms with Crippen LogP contribution in [0.4, 0.5) is 0 Å². The van der Waals surface area contributed by atoms with E-state index in [4.69, 9.17) is 9.47 Å². The molecule has 8 nitrogen and oxygen atoms in total. The van der Waals surface area contributed by atoms with Crippen LogP contribution >= 0.6 is 0 Å². The van der Waals surface area contributed by atoms with E-state index in [1.807, 2.05) is 39.0 Å². The lowest BCUT2D eigenvalue weighted by atomic mass is 10.1. The summed E-state index contributed by atoms with van der Waals surface area (Å²) in [4.78, 5) is 16.8. The zero-order chi connectivity index (χ0) is 23.2. The molecule has 0 saturated heterocycles. The van der Waals surface area contributed by atoms with Gasteiger partial charge in [-0.05, 0) is 56.7 Å². The van der Waals surface area contributed by atoms with Gasteiger partial charge in [-0.2, -0.15) is 0 Å². The number of carbonyl (C=O) groups excluding carboxylic acids is 1. The van der Waals surface area contributed by atoms with E-state index in [0.717, 1.165) is 23.4 Å². The first-order valence-corrected chi connectivity index (χ1v) is 10.9. The largest absolute Gasteiger partial charge is 0.508 e. The predicted molar refractivity (Wildman–Crippen MR) is 126 cm³/mol. The van der Waals surface area contributed by atoms with Crippen LogP contribution in [0.25, 0.3) is 0 Å². The summed E-state index contributed by atoms with van der Waals surface area (Å²) in [5.41, 5.74) is 2.61. The first kappa shape index (κ1) is 25.0. The van der Waals surface area contributed by atoms with Crippen LogP contribution in [-0.4, -0.2) is 56.4 Å². The Bertz CT molecular complexity index is 869. The Morgan fingerprint density at radius 2 is 1.75 bits per heavy atom. The number of benzene rings is 2. The number of phenols is 1. The fraction of sp³-hybridized carbons (Fsp3) is 0.417. The summed E-state index contributed by atoms with van der Waals surface area (Å²) in [6.45, 7) is 9.82. The minimum atomic E-state index is -0.192. The van der Waals surface area contributed by atoms with Gasteiger partial charge in [0.2, 0.25) is 0 Å². The van der Waals surface area contributed by atoms with Crippen molar-refractivity contribution in [2.45, 2.75) is 27.3 Å². The molecule has 2 rings (SSSR count). The molecule has 0 unspecified atom stereocenters. The highest BCUT2D eigenvalue weighted by atomic mass is 16.5. The first-order valence-electron chi connectivity index (χ1n) is 10.9. The van der Waals surface area contributed by atoms with Crippen LogP contribution in [0.1, 0.15) is 35.3 Å². The molecule has 8 heteroatoms. The van der Waals surface area contributed by atoms with E-state index in [0.29, 0.717) is 51.0 Å². The van der Waals surface area contributed by atoms with Crippen molar-refractivity contribution in [3.8, 4) is 11.5 Å². The van der Waals surface area contributed by atoms with E-state index < -0.39 is 0 Å². The monoisotopic (exact) mass is 442 g/mol. The van der Waals surface area contributed by atoms with E-state index in [-0.39, 0.29) is 11.7 Å². The summed E-state index contributed by atoms with van der Waals surface area (Å²) in [5.74, 6) is 1.41. The lowest BCUT2D eigenvalue weighted by Gasteiger charge is -2.14. The van der Waals surface area contributed by atoms with Gasteiger partial charge in [-0.3, -0.25) is 4.79 Å².